The fraction of sp³-hybridized carbons (Fsp3) is 0. The third-order valence-corrected chi connectivity index (χ3v) is 9.66. The summed E-state index contributed by atoms with van der Waals surface area (Å²) in [6, 6.07) is 42.7. The smallest absolute Gasteiger partial charge is 0.0629 e. The van der Waals surface area contributed by atoms with E-state index in [4.69, 9.17) is 6.85 Å². The van der Waals surface area contributed by atoms with E-state index in [-0.39, 0.29) is 29.7 Å². The van der Waals surface area contributed by atoms with Crippen molar-refractivity contribution in [2.75, 3.05) is 0 Å². The van der Waals surface area contributed by atoms with Crippen LogP contribution in [0.2, 0.25) is 0 Å². The van der Waals surface area contributed by atoms with Crippen LogP contribution in [0.3, 0.4) is 0 Å². The molecule has 0 atom stereocenters. The summed E-state index contributed by atoms with van der Waals surface area (Å²) in [6.07, 6.45) is 0. The minimum absolute atomic E-state index is 0.206. The maximum absolute atomic E-state index is 9.06. The van der Waals surface area contributed by atoms with Crippen LogP contribution in [0, 0.1) is 0 Å². The molecule has 1 heteroatoms. The van der Waals surface area contributed by atoms with Crippen molar-refractivity contribution in [3.05, 3.63) is 158 Å². The van der Waals surface area contributed by atoms with Gasteiger partial charge in [-0.3, -0.25) is 0 Å². The summed E-state index contributed by atoms with van der Waals surface area (Å²) < 4.78 is 46.0. The van der Waals surface area contributed by atoms with Crippen molar-refractivity contribution >= 4 is 63.8 Å². The molecule has 0 saturated carbocycles. The molecule has 200 valence electrons. The van der Waals surface area contributed by atoms with Gasteiger partial charge >= 0.3 is 0 Å². The topological polar surface area (TPSA) is 0 Å². The fourth-order valence-corrected chi connectivity index (χ4v) is 7.78. The predicted molar refractivity (Wildman–Crippen MR) is 188 cm³/mol. The van der Waals surface area contributed by atoms with E-state index in [1.165, 1.54) is 20.2 Å². The Morgan fingerprint density at radius 1 is 0.419 bits per heavy atom. The first-order chi connectivity index (χ1) is 23.4. The van der Waals surface area contributed by atoms with Crippen LogP contribution < -0.4 is 0 Å². The fourth-order valence-electron chi connectivity index (χ4n) is 6.64. The standard InChI is InChI=1S/C42H26S/c1-2-12-28(13-3-1)40-32-15-6-7-16-33(32)41(36-18-10-20-39-42(36)35-17-8-9-19-38(35)43-39)34-24-23-31(26-37(34)40)30-22-21-27-11-4-5-14-29(27)25-30/h1-26H/i1D,2D,3D,12D,13D. The third-order valence-electron chi connectivity index (χ3n) is 8.53. The molecule has 9 aromatic rings. The molecule has 43 heavy (non-hydrogen) atoms. The van der Waals surface area contributed by atoms with E-state index >= 15 is 0 Å². The highest BCUT2D eigenvalue weighted by atomic mass is 32.1. The van der Waals surface area contributed by atoms with Crippen molar-refractivity contribution in [1.29, 1.82) is 0 Å². The molecule has 9 rings (SSSR count). The molecule has 1 heterocycles. The highest BCUT2D eigenvalue weighted by Crippen LogP contribution is 2.48. The van der Waals surface area contributed by atoms with Crippen LogP contribution in [0.15, 0.2) is 158 Å². The second-order valence-electron chi connectivity index (χ2n) is 10.9. The molecule has 0 amide bonds. The second kappa shape index (κ2) is 9.66. The Morgan fingerprint density at radius 3 is 1.93 bits per heavy atom. The summed E-state index contributed by atoms with van der Waals surface area (Å²) in [7, 11) is 0. The Bertz CT molecular complexity index is 2770. The molecule has 0 aliphatic heterocycles. The molecule has 0 radical (unpaired) electrons. The Labute approximate surface area is 261 Å². The van der Waals surface area contributed by atoms with Crippen LogP contribution in [-0.4, -0.2) is 0 Å². The van der Waals surface area contributed by atoms with E-state index in [1.54, 1.807) is 11.3 Å². The molecule has 0 nitrogen and oxygen atoms in total. The summed E-state index contributed by atoms with van der Waals surface area (Å²) in [5, 5.41) is 8.29. The van der Waals surface area contributed by atoms with Gasteiger partial charge in [0.1, 0.15) is 0 Å². The number of hydrogen-bond acceptors (Lipinski definition) is 1. The molecule has 0 spiro atoms. The zero-order chi connectivity index (χ0) is 32.7. The zero-order valence-corrected chi connectivity index (χ0v) is 23.8. The van der Waals surface area contributed by atoms with Gasteiger partial charge in [0.05, 0.1) is 6.85 Å². The van der Waals surface area contributed by atoms with Crippen LogP contribution in [-0.2, 0) is 0 Å². The van der Waals surface area contributed by atoms with Gasteiger partial charge in [0.15, 0.2) is 0 Å². The summed E-state index contributed by atoms with van der Waals surface area (Å²) in [5.41, 5.74) is 5.06. The molecule has 0 aliphatic rings. The SMILES string of the molecule is [2H]c1c([2H])c([2H])c(-c2c3ccccc3c(-c3cccc4sc5ccccc5c34)c3ccc(-c4ccc5ccccc5c4)cc23)c([2H])c1[2H]. The van der Waals surface area contributed by atoms with Gasteiger partial charge in [-0.25, -0.2) is 0 Å². The number of benzene rings is 8. The lowest BCUT2D eigenvalue weighted by Crippen LogP contribution is -1.92. The molecule has 0 N–H and O–H groups in total. The average molecular weight is 568 g/mol. The minimum atomic E-state index is -0.396. The first-order valence-corrected chi connectivity index (χ1v) is 15.2. The number of thiophene rings is 1. The molecule has 8 aromatic carbocycles. The van der Waals surface area contributed by atoms with Gasteiger partial charge in [0.25, 0.3) is 0 Å². The van der Waals surface area contributed by atoms with Crippen molar-refractivity contribution in [2.45, 2.75) is 0 Å². The molecule has 1 aromatic heterocycles. The predicted octanol–water partition coefficient (Wildman–Crippen LogP) is 12.5. The Kier molecular flexibility index (Phi) is 4.45. The van der Waals surface area contributed by atoms with E-state index in [0.29, 0.717) is 5.56 Å². The summed E-state index contributed by atoms with van der Waals surface area (Å²) >= 11 is 1.78. The Morgan fingerprint density at radius 2 is 1.07 bits per heavy atom. The Balaban J connectivity index is 1.47. The molecule has 0 bridgehead atoms. The van der Waals surface area contributed by atoms with E-state index < -0.39 is 6.04 Å². The molecule has 0 fully saturated rings. The van der Waals surface area contributed by atoms with Crippen LogP contribution in [0.1, 0.15) is 6.85 Å². The van der Waals surface area contributed by atoms with E-state index in [2.05, 4.69) is 97.1 Å². The molecule has 0 saturated heterocycles. The lowest BCUT2D eigenvalue weighted by atomic mass is 9.84. The minimum Gasteiger partial charge on any atom is -0.135 e. The zero-order valence-electron chi connectivity index (χ0n) is 28.0. The van der Waals surface area contributed by atoms with Crippen molar-refractivity contribution in [3.63, 3.8) is 0 Å². The number of fused-ring (bicyclic) bond motifs is 6. The van der Waals surface area contributed by atoms with E-state index in [9.17, 15) is 0 Å². The first kappa shape index (κ1) is 19.8. The summed E-state index contributed by atoms with van der Waals surface area (Å²) in [6.45, 7) is 0. The second-order valence-corrected chi connectivity index (χ2v) is 12.0. The monoisotopic (exact) mass is 567 g/mol. The normalized spacial score (nSPS) is 13.3. The molecule has 0 unspecified atom stereocenters. The van der Waals surface area contributed by atoms with Crippen molar-refractivity contribution in [3.8, 4) is 33.4 Å². The van der Waals surface area contributed by atoms with Crippen LogP contribution in [0.5, 0.6) is 0 Å². The van der Waals surface area contributed by atoms with Crippen molar-refractivity contribution < 1.29 is 6.85 Å². The Hall–Kier alpha value is -5.24. The van der Waals surface area contributed by atoms with Gasteiger partial charge in [-0.1, -0.05) is 133 Å². The highest BCUT2D eigenvalue weighted by Gasteiger charge is 2.20. The molecular weight excluding hydrogens is 537 g/mol. The van der Waals surface area contributed by atoms with Crippen LogP contribution >= 0.6 is 11.3 Å². The quantitative estimate of drug-likeness (QED) is 0.186. The number of rotatable bonds is 3. The lowest BCUT2D eigenvalue weighted by molar-refractivity contribution is 1.65. The van der Waals surface area contributed by atoms with Crippen LogP contribution in [0.4, 0.5) is 0 Å². The van der Waals surface area contributed by atoms with Gasteiger partial charge in [-0.05, 0) is 90.0 Å². The largest absolute Gasteiger partial charge is 0.135 e. The van der Waals surface area contributed by atoms with Crippen molar-refractivity contribution in [2.24, 2.45) is 0 Å². The van der Waals surface area contributed by atoms with Gasteiger partial charge in [0, 0.05) is 20.2 Å². The molecule has 0 aliphatic carbocycles. The lowest BCUT2D eigenvalue weighted by Gasteiger charge is -2.19. The summed E-state index contributed by atoms with van der Waals surface area (Å²) in [5.74, 6) is 0. The molecular formula is C42H26S. The maximum Gasteiger partial charge on any atom is 0.0629 e. The van der Waals surface area contributed by atoms with Crippen molar-refractivity contribution in [1.82, 2.24) is 0 Å². The van der Waals surface area contributed by atoms with E-state index in [1.807, 2.05) is 30.3 Å². The highest BCUT2D eigenvalue weighted by molar-refractivity contribution is 7.25. The van der Waals surface area contributed by atoms with E-state index in [0.717, 1.165) is 54.6 Å². The van der Waals surface area contributed by atoms with Crippen LogP contribution in [0.25, 0.3) is 85.9 Å². The first-order valence-electron chi connectivity index (χ1n) is 16.9. The average Bonchev–Trinajstić information content (AvgIpc) is 3.52. The number of hydrogen-bond donors (Lipinski definition) is 0. The summed E-state index contributed by atoms with van der Waals surface area (Å²) in [4.78, 5) is 0. The maximum atomic E-state index is 9.06. The third kappa shape index (κ3) is 3.82. The van der Waals surface area contributed by atoms with Gasteiger partial charge in [-0.15, -0.1) is 11.3 Å². The van der Waals surface area contributed by atoms with Gasteiger partial charge in [-0.2, -0.15) is 0 Å². The van der Waals surface area contributed by atoms with Gasteiger partial charge < -0.3 is 0 Å². The van der Waals surface area contributed by atoms with Gasteiger partial charge in [0.2, 0.25) is 0 Å².